The van der Waals surface area contributed by atoms with E-state index >= 15 is 0 Å². The fraction of sp³-hybridized carbons (Fsp3) is 0.200. The summed E-state index contributed by atoms with van der Waals surface area (Å²) in [7, 11) is 0. The number of anilines is 2. The van der Waals surface area contributed by atoms with Crippen molar-refractivity contribution < 1.29 is 0 Å². The van der Waals surface area contributed by atoms with Gasteiger partial charge in [0.05, 0.1) is 23.6 Å². The smallest absolute Gasteiger partial charge is 0.175 e. The molecule has 2 N–H and O–H groups in total. The number of nitrogens with zero attached hydrogens (tertiary/aromatic N) is 2. The first-order valence-electron chi connectivity index (χ1n) is 8.35. The summed E-state index contributed by atoms with van der Waals surface area (Å²) < 4.78 is 3.07. The first-order chi connectivity index (χ1) is 12.4. The van der Waals surface area contributed by atoms with Gasteiger partial charge in [0.1, 0.15) is 0 Å². The van der Waals surface area contributed by atoms with E-state index in [-0.39, 0.29) is 0 Å². The molecule has 0 spiro atoms. The van der Waals surface area contributed by atoms with E-state index in [1.165, 1.54) is 11.1 Å². The summed E-state index contributed by atoms with van der Waals surface area (Å²) in [6.45, 7) is 6.82. The lowest BCUT2D eigenvalue weighted by atomic mass is 10.2. The molecule has 0 bridgehead atoms. The lowest BCUT2D eigenvalue weighted by Crippen LogP contribution is -2.20. The van der Waals surface area contributed by atoms with Crippen LogP contribution in [0.25, 0.3) is 0 Å². The Morgan fingerprint density at radius 1 is 1.08 bits per heavy atom. The minimum absolute atomic E-state index is 0.560. The Balaban J connectivity index is 1.73. The average molecular weight is 429 g/mol. The molecule has 4 nitrogen and oxygen atoms in total. The van der Waals surface area contributed by atoms with Crippen LogP contribution in [-0.4, -0.2) is 14.9 Å². The molecule has 1 aromatic heterocycles. The van der Waals surface area contributed by atoms with Gasteiger partial charge in [0, 0.05) is 10.2 Å². The van der Waals surface area contributed by atoms with Crippen molar-refractivity contribution in [2.75, 3.05) is 10.6 Å². The molecule has 1 heterocycles. The van der Waals surface area contributed by atoms with E-state index < -0.39 is 0 Å². The molecule has 0 aliphatic rings. The van der Waals surface area contributed by atoms with Gasteiger partial charge in [0.2, 0.25) is 0 Å². The number of aromatic nitrogens is 2. The van der Waals surface area contributed by atoms with Crippen molar-refractivity contribution >= 4 is 44.6 Å². The lowest BCUT2D eigenvalue weighted by Gasteiger charge is -2.12. The molecule has 134 valence electrons. The van der Waals surface area contributed by atoms with Crippen LogP contribution in [0.5, 0.6) is 0 Å². The van der Waals surface area contributed by atoms with Crippen molar-refractivity contribution in [3.05, 3.63) is 75.5 Å². The van der Waals surface area contributed by atoms with Crippen molar-refractivity contribution in [2.45, 2.75) is 27.3 Å². The summed E-state index contributed by atoms with van der Waals surface area (Å²) in [5.41, 5.74) is 6.29. The fourth-order valence-electron chi connectivity index (χ4n) is 2.79. The molecule has 0 aliphatic carbocycles. The molecule has 0 saturated carbocycles. The van der Waals surface area contributed by atoms with E-state index in [1.54, 1.807) is 0 Å². The average Bonchev–Trinajstić information content (AvgIpc) is 2.84. The highest BCUT2D eigenvalue weighted by atomic mass is 79.9. The maximum atomic E-state index is 5.47. The topological polar surface area (TPSA) is 41.9 Å². The number of hydrogen-bond acceptors (Lipinski definition) is 2. The van der Waals surface area contributed by atoms with Crippen molar-refractivity contribution in [1.29, 1.82) is 0 Å². The minimum Gasteiger partial charge on any atom is -0.332 e. The molecule has 0 unspecified atom stereocenters. The van der Waals surface area contributed by atoms with Gasteiger partial charge in [0.15, 0.2) is 5.11 Å². The second-order valence-corrected chi connectivity index (χ2v) is 7.60. The summed E-state index contributed by atoms with van der Waals surface area (Å²) >= 11 is 8.94. The molecule has 0 atom stereocenters. The van der Waals surface area contributed by atoms with Crippen molar-refractivity contribution in [1.82, 2.24) is 9.78 Å². The maximum absolute atomic E-state index is 5.47. The summed E-state index contributed by atoms with van der Waals surface area (Å²) in [4.78, 5) is 0. The molecule has 0 radical (unpaired) electrons. The Morgan fingerprint density at radius 2 is 1.81 bits per heavy atom. The van der Waals surface area contributed by atoms with E-state index in [0.717, 1.165) is 33.8 Å². The highest BCUT2D eigenvalue weighted by Crippen LogP contribution is 2.21. The van der Waals surface area contributed by atoms with Crippen LogP contribution in [0.2, 0.25) is 0 Å². The predicted molar refractivity (Wildman–Crippen MR) is 116 cm³/mol. The van der Waals surface area contributed by atoms with Crippen LogP contribution in [0, 0.1) is 20.8 Å². The molecule has 0 amide bonds. The zero-order valence-electron chi connectivity index (χ0n) is 15.0. The molecular weight excluding hydrogens is 408 g/mol. The molecule has 2 aromatic carbocycles. The summed E-state index contributed by atoms with van der Waals surface area (Å²) in [5, 5.41) is 11.7. The Bertz CT molecular complexity index is 931. The monoisotopic (exact) mass is 428 g/mol. The Hall–Kier alpha value is -2.18. The van der Waals surface area contributed by atoms with E-state index in [4.69, 9.17) is 12.2 Å². The first-order valence-corrected chi connectivity index (χ1v) is 9.55. The standard InChI is InChI=1S/C20H21BrN4S/c1-13-5-4-6-18(11-13)22-20(26)23-19-14(2)24-25(15(19)3)12-16-7-9-17(21)10-8-16/h4-11H,12H2,1-3H3,(H2,22,23,26). The largest absolute Gasteiger partial charge is 0.332 e. The first kappa shape index (κ1) is 18.6. The van der Waals surface area contributed by atoms with E-state index in [1.807, 2.05) is 35.9 Å². The quantitative estimate of drug-likeness (QED) is 0.543. The van der Waals surface area contributed by atoms with Gasteiger partial charge >= 0.3 is 0 Å². The van der Waals surface area contributed by atoms with Gasteiger partial charge in [-0.3, -0.25) is 4.68 Å². The second kappa shape index (κ2) is 8.01. The molecule has 6 heteroatoms. The maximum Gasteiger partial charge on any atom is 0.175 e. The lowest BCUT2D eigenvalue weighted by molar-refractivity contribution is 0.659. The van der Waals surface area contributed by atoms with Crippen LogP contribution < -0.4 is 10.6 Å². The Morgan fingerprint density at radius 3 is 2.50 bits per heavy atom. The van der Waals surface area contributed by atoms with Crippen LogP contribution >= 0.6 is 28.1 Å². The van der Waals surface area contributed by atoms with Crippen LogP contribution in [0.4, 0.5) is 11.4 Å². The number of aryl methyl sites for hydroxylation is 2. The number of thiocarbonyl (C=S) groups is 1. The van der Waals surface area contributed by atoms with E-state index in [0.29, 0.717) is 5.11 Å². The number of rotatable bonds is 4. The Labute approximate surface area is 167 Å². The highest BCUT2D eigenvalue weighted by Gasteiger charge is 2.13. The van der Waals surface area contributed by atoms with Gasteiger partial charge in [-0.2, -0.15) is 5.10 Å². The van der Waals surface area contributed by atoms with Gasteiger partial charge in [-0.25, -0.2) is 0 Å². The number of halogens is 1. The van der Waals surface area contributed by atoms with Crippen molar-refractivity contribution in [3.63, 3.8) is 0 Å². The predicted octanol–water partition coefficient (Wildman–Crippen LogP) is 5.43. The molecule has 0 saturated heterocycles. The van der Waals surface area contributed by atoms with Crippen LogP contribution in [0.3, 0.4) is 0 Å². The summed E-state index contributed by atoms with van der Waals surface area (Å²) in [6, 6.07) is 16.4. The number of nitrogens with one attached hydrogen (secondary N) is 2. The summed E-state index contributed by atoms with van der Waals surface area (Å²) in [6.07, 6.45) is 0. The van der Waals surface area contributed by atoms with Crippen LogP contribution in [-0.2, 0) is 6.54 Å². The molecule has 3 aromatic rings. The third-order valence-electron chi connectivity index (χ3n) is 4.14. The van der Waals surface area contributed by atoms with Crippen molar-refractivity contribution in [2.24, 2.45) is 0 Å². The molecular formula is C20H21BrN4S. The zero-order valence-corrected chi connectivity index (χ0v) is 17.4. The Kier molecular flexibility index (Phi) is 5.74. The number of benzene rings is 2. The van der Waals surface area contributed by atoms with Crippen LogP contribution in [0.15, 0.2) is 53.0 Å². The van der Waals surface area contributed by atoms with E-state index in [2.05, 4.69) is 69.8 Å². The molecule has 26 heavy (non-hydrogen) atoms. The third-order valence-corrected chi connectivity index (χ3v) is 4.87. The molecule has 0 aliphatic heterocycles. The summed E-state index contributed by atoms with van der Waals surface area (Å²) in [5.74, 6) is 0. The van der Waals surface area contributed by atoms with Gasteiger partial charge in [-0.05, 0) is 68.4 Å². The number of hydrogen-bond donors (Lipinski definition) is 2. The normalized spacial score (nSPS) is 10.6. The SMILES string of the molecule is Cc1cccc(NC(=S)Nc2c(C)nn(Cc3ccc(Br)cc3)c2C)c1. The van der Waals surface area contributed by atoms with Crippen molar-refractivity contribution in [3.8, 4) is 0 Å². The molecule has 0 fully saturated rings. The second-order valence-electron chi connectivity index (χ2n) is 6.28. The molecule has 3 rings (SSSR count). The third kappa shape index (κ3) is 4.51. The van der Waals surface area contributed by atoms with Gasteiger partial charge in [-0.15, -0.1) is 0 Å². The van der Waals surface area contributed by atoms with Gasteiger partial charge in [0.25, 0.3) is 0 Å². The van der Waals surface area contributed by atoms with E-state index in [9.17, 15) is 0 Å². The van der Waals surface area contributed by atoms with Crippen LogP contribution in [0.1, 0.15) is 22.5 Å². The van der Waals surface area contributed by atoms with Gasteiger partial charge in [-0.1, -0.05) is 40.2 Å². The van der Waals surface area contributed by atoms with Gasteiger partial charge < -0.3 is 10.6 Å². The minimum atomic E-state index is 0.560. The zero-order chi connectivity index (χ0) is 18.7. The highest BCUT2D eigenvalue weighted by molar-refractivity contribution is 9.10. The fourth-order valence-corrected chi connectivity index (χ4v) is 3.28.